The summed E-state index contributed by atoms with van der Waals surface area (Å²) in [4.78, 5) is 1.16. The van der Waals surface area contributed by atoms with Crippen molar-refractivity contribution in [3.05, 3.63) is 45.1 Å². The molecule has 0 unspecified atom stereocenters. The molecule has 2 aromatic rings. The third kappa shape index (κ3) is 6.89. The van der Waals surface area contributed by atoms with Crippen molar-refractivity contribution < 1.29 is 9.47 Å². The second kappa shape index (κ2) is 11.4. The standard InChI is InChI=1S/C20H28ClNO2S/c1-3-4-5-6-7-10-22-14-16-12-18(21)20(19(13-16)23-2)24-15-17-9-8-11-25-17/h8-9,11-13,22H,3-7,10,14-15H2,1-2H3. The summed E-state index contributed by atoms with van der Waals surface area (Å²) in [5, 5.41) is 6.11. The summed E-state index contributed by atoms with van der Waals surface area (Å²) in [7, 11) is 1.65. The topological polar surface area (TPSA) is 30.5 Å². The van der Waals surface area contributed by atoms with Crippen molar-refractivity contribution in [2.75, 3.05) is 13.7 Å². The molecule has 0 aliphatic rings. The van der Waals surface area contributed by atoms with E-state index in [2.05, 4.69) is 12.2 Å². The van der Waals surface area contributed by atoms with Crippen LogP contribution in [-0.2, 0) is 13.2 Å². The van der Waals surface area contributed by atoms with E-state index in [1.807, 2.05) is 29.6 Å². The lowest BCUT2D eigenvalue weighted by Gasteiger charge is -2.14. The average Bonchev–Trinajstić information content (AvgIpc) is 3.13. The normalized spacial score (nSPS) is 10.8. The molecular formula is C20H28ClNO2S. The molecule has 0 aliphatic heterocycles. The minimum atomic E-state index is 0.503. The lowest BCUT2D eigenvalue weighted by Crippen LogP contribution is -2.14. The Morgan fingerprint density at radius 2 is 2.00 bits per heavy atom. The number of benzene rings is 1. The Bertz CT molecular complexity index is 616. The molecule has 0 fully saturated rings. The number of nitrogens with one attached hydrogen (secondary N) is 1. The first-order valence-corrected chi connectivity index (χ1v) is 10.2. The molecule has 0 aliphatic carbocycles. The Labute approximate surface area is 160 Å². The van der Waals surface area contributed by atoms with E-state index >= 15 is 0 Å². The van der Waals surface area contributed by atoms with E-state index in [9.17, 15) is 0 Å². The van der Waals surface area contributed by atoms with Gasteiger partial charge in [-0.25, -0.2) is 0 Å². The van der Waals surface area contributed by atoms with Crippen LogP contribution in [0.4, 0.5) is 0 Å². The summed E-state index contributed by atoms with van der Waals surface area (Å²) < 4.78 is 11.3. The van der Waals surface area contributed by atoms with Gasteiger partial charge in [0.15, 0.2) is 11.5 Å². The van der Waals surface area contributed by atoms with Gasteiger partial charge in [0.05, 0.1) is 12.1 Å². The molecule has 0 bridgehead atoms. The van der Waals surface area contributed by atoms with E-state index < -0.39 is 0 Å². The highest BCUT2D eigenvalue weighted by atomic mass is 35.5. The first-order chi connectivity index (χ1) is 12.2. The fraction of sp³-hybridized carbons (Fsp3) is 0.500. The number of hydrogen-bond donors (Lipinski definition) is 1. The Morgan fingerprint density at radius 1 is 1.16 bits per heavy atom. The molecule has 2 rings (SSSR count). The molecule has 0 spiro atoms. The van der Waals surface area contributed by atoms with Gasteiger partial charge in [-0.3, -0.25) is 0 Å². The third-order valence-electron chi connectivity index (χ3n) is 4.01. The highest BCUT2D eigenvalue weighted by Crippen LogP contribution is 2.37. The van der Waals surface area contributed by atoms with E-state index in [1.54, 1.807) is 18.4 Å². The van der Waals surface area contributed by atoms with Crippen molar-refractivity contribution in [1.82, 2.24) is 5.32 Å². The molecule has 25 heavy (non-hydrogen) atoms. The highest BCUT2D eigenvalue weighted by Gasteiger charge is 2.12. The summed E-state index contributed by atoms with van der Waals surface area (Å²) in [5.74, 6) is 1.30. The molecule has 1 heterocycles. The Morgan fingerprint density at radius 3 is 2.72 bits per heavy atom. The SMILES string of the molecule is CCCCCCCNCc1cc(Cl)c(OCc2cccs2)c(OC)c1. The van der Waals surface area contributed by atoms with Crippen LogP contribution >= 0.6 is 22.9 Å². The smallest absolute Gasteiger partial charge is 0.180 e. The predicted octanol–water partition coefficient (Wildman–Crippen LogP) is 6.05. The fourth-order valence-corrected chi connectivity index (χ4v) is 3.54. The second-order valence-corrected chi connectivity index (χ2v) is 7.51. The maximum Gasteiger partial charge on any atom is 0.180 e. The van der Waals surface area contributed by atoms with Gasteiger partial charge >= 0.3 is 0 Å². The lowest BCUT2D eigenvalue weighted by molar-refractivity contribution is 0.287. The number of unbranched alkanes of at least 4 members (excludes halogenated alkanes) is 4. The monoisotopic (exact) mass is 381 g/mol. The number of rotatable bonds is 12. The Hall–Kier alpha value is -1.23. The van der Waals surface area contributed by atoms with Crippen LogP contribution in [0.25, 0.3) is 0 Å². The van der Waals surface area contributed by atoms with Crippen LogP contribution in [0.15, 0.2) is 29.6 Å². The maximum absolute atomic E-state index is 6.42. The quantitative estimate of drug-likeness (QED) is 0.454. The van der Waals surface area contributed by atoms with Gasteiger partial charge in [0.1, 0.15) is 6.61 Å². The molecule has 5 heteroatoms. The molecule has 0 saturated carbocycles. The largest absolute Gasteiger partial charge is 0.493 e. The summed E-state index contributed by atoms with van der Waals surface area (Å²) in [6.45, 7) is 4.56. The molecule has 0 radical (unpaired) electrons. The van der Waals surface area contributed by atoms with Crippen LogP contribution in [0.1, 0.15) is 49.5 Å². The highest BCUT2D eigenvalue weighted by molar-refractivity contribution is 7.09. The number of hydrogen-bond acceptors (Lipinski definition) is 4. The fourth-order valence-electron chi connectivity index (χ4n) is 2.64. The summed E-state index contributed by atoms with van der Waals surface area (Å²) in [6.07, 6.45) is 6.45. The van der Waals surface area contributed by atoms with Crippen LogP contribution in [0.2, 0.25) is 5.02 Å². The molecular weight excluding hydrogens is 354 g/mol. The van der Waals surface area contributed by atoms with E-state index in [4.69, 9.17) is 21.1 Å². The number of ether oxygens (including phenoxy) is 2. The van der Waals surface area contributed by atoms with Crippen molar-refractivity contribution in [3.8, 4) is 11.5 Å². The van der Waals surface area contributed by atoms with Crippen molar-refractivity contribution in [3.63, 3.8) is 0 Å². The molecule has 3 nitrogen and oxygen atoms in total. The summed E-state index contributed by atoms with van der Waals surface area (Å²) >= 11 is 8.09. The van der Waals surface area contributed by atoms with Crippen molar-refractivity contribution in [2.24, 2.45) is 0 Å². The van der Waals surface area contributed by atoms with Crippen LogP contribution < -0.4 is 14.8 Å². The average molecular weight is 382 g/mol. The van der Waals surface area contributed by atoms with Gasteiger partial charge in [0.2, 0.25) is 0 Å². The van der Waals surface area contributed by atoms with E-state index in [0.29, 0.717) is 23.1 Å². The van der Waals surface area contributed by atoms with Gasteiger partial charge in [0.25, 0.3) is 0 Å². The van der Waals surface area contributed by atoms with E-state index in [-0.39, 0.29) is 0 Å². The zero-order valence-corrected chi connectivity index (χ0v) is 16.7. The van der Waals surface area contributed by atoms with Gasteiger partial charge in [-0.15, -0.1) is 11.3 Å². The van der Waals surface area contributed by atoms with Crippen molar-refractivity contribution in [1.29, 1.82) is 0 Å². The van der Waals surface area contributed by atoms with E-state index in [1.165, 1.54) is 32.1 Å². The van der Waals surface area contributed by atoms with Gasteiger partial charge in [0, 0.05) is 11.4 Å². The van der Waals surface area contributed by atoms with Gasteiger partial charge in [-0.05, 0) is 42.1 Å². The minimum Gasteiger partial charge on any atom is -0.493 e. The number of thiophene rings is 1. The van der Waals surface area contributed by atoms with Gasteiger partial charge in [-0.2, -0.15) is 0 Å². The van der Waals surface area contributed by atoms with Gasteiger partial charge < -0.3 is 14.8 Å². The molecule has 1 aromatic carbocycles. The maximum atomic E-state index is 6.42. The second-order valence-electron chi connectivity index (χ2n) is 6.07. The van der Waals surface area contributed by atoms with Crippen molar-refractivity contribution >= 4 is 22.9 Å². The minimum absolute atomic E-state index is 0.503. The van der Waals surface area contributed by atoms with Crippen molar-refractivity contribution in [2.45, 2.75) is 52.2 Å². The van der Waals surface area contributed by atoms with Crippen LogP contribution in [0, 0.1) is 0 Å². The molecule has 0 saturated heterocycles. The summed E-state index contributed by atoms with van der Waals surface area (Å²) in [5.41, 5.74) is 1.11. The molecule has 0 atom stereocenters. The van der Waals surface area contributed by atoms with E-state index in [0.717, 1.165) is 23.5 Å². The number of halogens is 1. The zero-order valence-electron chi connectivity index (χ0n) is 15.1. The Balaban J connectivity index is 1.85. The van der Waals surface area contributed by atoms with Crippen LogP contribution in [0.3, 0.4) is 0 Å². The van der Waals surface area contributed by atoms with Crippen LogP contribution in [0.5, 0.6) is 11.5 Å². The third-order valence-corrected chi connectivity index (χ3v) is 5.14. The zero-order chi connectivity index (χ0) is 17.9. The summed E-state index contributed by atoms with van der Waals surface area (Å²) in [6, 6.07) is 8.01. The number of methoxy groups -OCH3 is 1. The molecule has 1 N–H and O–H groups in total. The predicted molar refractivity (Wildman–Crippen MR) is 107 cm³/mol. The van der Waals surface area contributed by atoms with Gasteiger partial charge in [-0.1, -0.05) is 50.3 Å². The Kier molecular flexibility index (Phi) is 9.16. The molecule has 138 valence electrons. The first kappa shape index (κ1) is 20.1. The lowest BCUT2D eigenvalue weighted by atomic mass is 10.1. The molecule has 1 aromatic heterocycles. The van der Waals surface area contributed by atoms with Crippen LogP contribution in [-0.4, -0.2) is 13.7 Å². The molecule has 0 amide bonds. The first-order valence-electron chi connectivity index (χ1n) is 8.97.